The number of hydrogen-bond donors (Lipinski definition) is 1. The van der Waals surface area contributed by atoms with Crippen LogP contribution < -0.4 is 5.73 Å². The molecule has 0 bridgehead atoms. The Kier molecular flexibility index (Phi) is 5.28. The molecule has 0 aliphatic carbocycles. The fourth-order valence-electron chi connectivity index (χ4n) is 2.12. The molecule has 6 heteroatoms. The third-order valence-corrected chi connectivity index (χ3v) is 4.57. The van der Waals surface area contributed by atoms with E-state index in [4.69, 9.17) is 15.2 Å². The maximum absolute atomic E-state index is 11.8. The van der Waals surface area contributed by atoms with Gasteiger partial charge in [0, 0.05) is 15.5 Å². The number of aryl methyl sites for hydroxylation is 1. The van der Waals surface area contributed by atoms with Crippen molar-refractivity contribution in [2.45, 2.75) is 16.7 Å². The molecule has 0 fully saturated rings. The second kappa shape index (κ2) is 7.19. The molecule has 5 nitrogen and oxygen atoms in total. The quantitative estimate of drug-likeness (QED) is 0.684. The zero-order chi connectivity index (χ0) is 17.0. The minimum atomic E-state index is -0.439. The maximum Gasteiger partial charge on any atom is 0.339 e. The van der Waals surface area contributed by atoms with Crippen LogP contribution in [0.25, 0.3) is 0 Å². The molecule has 0 aliphatic rings. The second-order valence-corrected chi connectivity index (χ2v) is 5.85. The van der Waals surface area contributed by atoms with Crippen molar-refractivity contribution < 1.29 is 19.1 Å². The van der Waals surface area contributed by atoms with E-state index in [9.17, 15) is 9.59 Å². The molecular formula is C17H17NO4S. The van der Waals surface area contributed by atoms with Gasteiger partial charge >= 0.3 is 11.9 Å². The molecule has 23 heavy (non-hydrogen) atoms. The molecule has 0 aromatic heterocycles. The summed E-state index contributed by atoms with van der Waals surface area (Å²) in [6.45, 7) is 1.85. The Morgan fingerprint density at radius 2 is 1.70 bits per heavy atom. The number of benzene rings is 2. The van der Waals surface area contributed by atoms with Crippen LogP contribution in [0.4, 0.5) is 5.69 Å². The lowest BCUT2D eigenvalue weighted by atomic mass is 10.1. The lowest BCUT2D eigenvalue weighted by Gasteiger charge is -2.13. The molecule has 0 radical (unpaired) electrons. The Balaban J connectivity index is 2.42. The lowest BCUT2D eigenvalue weighted by molar-refractivity contribution is 0.0590. The van der Waals surface area contributed by atoms with Gasteiger partial charge in [0.2, 0.25) is 0 Å². The number of esters is 2. The zero-order valence-corrected chi connectivity index (χ0v) is 13.9. The summed E-state index contributed by atoms with van der Waals surface area (Å²) >= 11 is 1.36. The van der Waals surface area contributed by atoms with Crippen LogP contribution >= 0.6 is 11.8 Å². The highest BCUT2D eigenvalue weighted by Crippen LogP contribution is 2.37. The van der Waals surface area contributed by atoms with Gasteiger partial charge < -0.3 is 15.2 Å². The van der Waals surface area contributed by atoms with E-state index in [1.807, 2.05) is 19.1 Å². The van der Waals surface area contributed by atoms with Crippen molar-refractivity contribution in [3.05, 3.63) is 53.1 Å². The van der Waals surface area contributed by atoms with Crippen molar-refractivity contribution in [1.29, 1.82) is 0 Å². The van der Waals surface area contributed by atoms with Crippen LogP contribution in [0.2, 0.25) is 0 Å². The van der Waals surface area contributed by atoms with Crippen LogP contribution in [0.5, 0.6) is 0 Å². The summed E-state index contributed by atoms with van der Waals surface area (Å²) < 4.78 is 9.50. The highest BCUT2D eigenvalue weighted by Gasteiger charge is 2.16. The van der Waals surface area contributed by atoms with Gasteiger partial charge in [-0.3, -0.25) is 0 Å². The van der Waals surface area contributed by atoms with Gasteiger partial charge in [0.1, 0.15) is 0 Å². The third kappa shape index (κ3) is 3.65. The fraction of sp³-hybridized carbons (Fsp3) is 0.176. The number of ether oxygens (including phenoxy) is 2. The molecule has 0 spiro atoms. The van der Waals surface area contributed by atoms with Crippen LogP contribution in [-0.4, -0.2) is 26.2 Å². The van der Waals surface area contributed by atoms with E-state index in [1.165, 1.54) is 26.0 Å². The maximum atomic E-state index is 11.8. The monoisotopic (exact) mass is 331 g/mol. The predicted molar refractivity (Wildman–Crippen MR) is 88.8 cm³/mol. The number of hydrogen-bond acceptors (Lipinski definition) is 6. The topological polar surface area (TPSA) is 78.6 Å². The Labute approximate surface area is 138 Å². The standard InChI is InChI=1S/C17H17NO4S/c1-10-8-11(16(19)21-2)9-13(18)15(10)23-14-7-5-4-6-12(14)17(20)22-3/h4-9H,18H2,1-3H3. The number of nitrogens with two attached hydrogens (primary N) is 1. The van der Waals surface area contributed by atoms with Crippen molar-refractivity contribution in [1.82, 2.24) is 0 Å². The van der Waals surface area contributed by atoms with Gasteiger partial charge in [0.15, 0.2) is 0 Å². The van der Waals surface area contributed by atoms with Crippen LogP contribution in [0.1, 0.15) is 26.3 Å². The van der Waals surface area contributed by atoms with Crippen molar-refractivity contribution in [2.75, 3.05) is 20.0 Å². The zero-order valence-electron chi connectivity index (χ0n) is 13.1. The molecule has 0 aliphatic heterocycles. The molecule has 2 aromatic rings. The van der Waals surface area contributed by atoms with Gasteiger partial charge in [-0.2, -0.15) is 0 Å². The van der Waals surface area contributed by atoms with Gasteiger partial charge in [-0.05, 0) is 36.8 Å². The average Bonchev–Trinajstić information content (AvgIpc) is 2.56. The van der Waals surface area contributed by atoms with Crippen molar-refractivity contribution in [2.24, 2.45) is 0 Å². The van der Waals surface area contributed by atoms with Crippen LogP contribution in [0.15, 0.2) is 46.2 Å². The second-order valence-electron chi connectivity index (χ2n) is 4.79. The van der Waals surface area contributed by atoms with Gasteiger partial charge in [0.05, 0.1) is 25.3 Å². The van der Waals surface area contributed by atoms with E-state index in [2.05, 4.69) is 0 Å². The van der Waals surface area contributed by atoms with Crippen molar-refractivity contribution in [3.8, 4) is 0 Å². The van der Waals surface area contributed by atoms with Crippen LogP contribution in [0.3, 0.4) is 0 Å². The Morgan fingerprint density at radius 1 is 1.04 bits per heavy atom. The molecule has 0 saturated carbocycles. The number of rotatable bonds is 4. The van der Waals surface area contributed by atoms with E-state index in [0.29, 0.717) is 16.8 Å². The molecule has 0 atom stereocenters. The molecule has 2 rings (SSSR count). The largest absolute Gasteiger partial charge is 0.465 e. The Bertz CT molecular complexity index is 735. The first-order chi connectivity index (χ1) is 11.0. The smallest absolute Gasteiger partial charge is 0.339 e. The number of anilines is 1. The molecule has 0 unspecified atom stereocenters. The first-order valence-electron chi connectivity index (χ1n) is 6.81. The Hall–Kier alpha value is -2.47. The van der Waals surface area contributed by atoms with E-state index < -0.39 is 11.9 Å². The summed E-state index contributed by atoms with van der Waals surface area (Å²) in [6, 6.07) is 10.4. The Morgan fingerprint density at radius 3 is 2.30 bits per heavy atom. The van der Waals surface area contributed by atoms with E-state index in [-0.39, 0.29) is 0 Å². The third-order valence-electron chi connectivity index (χ3n) is 3.23. The SMILES string of the molecule is COC(=O)c1cc(C)c(Sc2ccccc2C(=O)OC)c(N)c1. The van der Waals surface area contributed by atoms with Gasteiger partial charge in [-0.1, -0.05) is 23.9 Å². The van der Waals surface area contributed by atoms with Gasteiger partial charge in [-0.15, -0.1) is 0 Å². The molecule has 2 aromatic carbocycles. The summed E-state index contributed by atoms with van der Waals surface area (Å²) in [4.78, 5) is 25.0. The summed E-state index contributed by atoms with van der Waals surface area (Å²) in [6.07, 6.45) is 0. The highest BCUT2D eigenvalue weighted by molar-refractivity contribution is 7.99. The first-order valence-corrected chi connectivity index (χ1v) is 7.63. The van der Waals surface area contributed by atoms with E-state index in [1.54, 1.807) is 24.3 Å². The highest BCUT2D eigenvalue weighted by atomic mass is 32.2. The molecule has 120 valence electrons. The minimum Gasteiger partial charge on any atom is -0.465 e. The summed E-state index contributed by atoms with van der Waals surface area (Å²) in [5, 5.41) is 0. The number of nitrogen functional groups attached to an aromatic ring is 1. The molecule has 2 N–H and O–H groups in total. The number of carbonyl (C=O) groups is 2. The molecule has 0 saturated heterocycles. The van der Waals surface area contributed by atoms with Crippen molar-refractivity contribution in [3.63, 3.8) is 0 Å². The normalized spacial score (nSPS) is 10.2. The van der Waals surface area contributed by atoms with Gasteiger partial charge in [-0.25, -0.2) is 9.59 Å². The van der Waals surface area contributed by atoms with E-state index in [0.717, 1.165) is 15.4 Å². The van der Waals surface area contributed by atoms with E-state index >= 15 is 0 Å². The average molecular weight is 331 g/mol. The summed E-state index contributed by atoms with van der Waals surface area (Å²) in [5.74, 6) is -0.846. The van der Waals surface area contributed by atoms with Crippen LogP contribution in [0, 0.1) is 6.92 Å². The molecular weight excluding hydrogens is 314 g/mol. The predicted octanol–water partition coefficient (Wildman–Crippen LogP) is 3.30. The molecule has 0 amide bonds. The first kappa shape index (κ1) is 16.9. The van der Waals surface area contributed by atoms with Crippen LogP contribution in [-0.2, 0) is 9.47 Å². The number of methoxy groups -OCH3 is 2. The van der Waals surface area contributed by atoms with Crippen molar-refractivity contribution >= 4 is 29.4 Å². The molecule has 0 heterocycles. The fourth-order valence-corrected chi connectivity index (χ4v) is 3.15. The summed E-state index contributed by atoms with van der Waals surface area (Å²) in [5.41, 5.74) is 8.22. The van der Waals surface area contributed by atoms with Gasteiger partial charge in [0.25, 0.3) is 0 Å². The lowest BCUT2D eigenvalue weighted by Crippen LogP contribution is -2.05. The summed E-state index contributed by atoms with van der Waals surface area (Å²) in [7, 11) is 2.66. The minimum absolute atomic E-state index is 0.396. The number of carbonyl (C=O) groups excluding carboxylic acids is 2.